The molecule has 2 nitrogen and oxygen atoms in total. The van der Waals surface area contributed by atoms with Gasteiger partial charge >= 0.3 is 0 Å². The average Bonchev–Trinajstić information content (AvgIpc) is 2.70. The Kier molecular flexibility index (Phi) is 6.21. The molecule has 2 heteroatoms. The van der Waals surface area contributed by atoms with Gasteiger partial charge in [-0.3, -0.25) is 4.79 Å². The van der Waals surface area contributed by atoms with Crippen LogP contribution in [0.3, 0.4) is 0 Å². The summed E-state index contributed by atoms with van der Waals surface area (Å²) in [5.41, 5.74) is 5.16. The maximum Gasteiger partial charge on any atom is 0.255 e. The Morgan fingerprint density at radius 3 is 2.00 bits per heavy atom. The van der Waals surface area contributed by atoms with E-state index in [-0.39, 0.29) is 5.91 Å². The second-order valence-electron chi connectivity index (χ2n) is 6.55. The molecular formula is C24H25NO. The second kappa shape index (κ2) is 9.00. The van der Waals surface area contributed by atoms with Gasteiger partial charge in [0, 0.05) is 11.3 Å². The fourth-order valence-corrected chi connectivity index (χ4v) is 2.98. The first kappa shape index (κ1) is 17.9. The molecular weight excluding hydrogens is 318 g/mol. The third-order valence-electron chi connectivity index (χ3n) is 4.54. The molecule has 0 spiro atoms. The number of aryl methyl sites for hydroxylation is 1. The summed E-state index contributed by atoms with van der Waals surface area (Å²) in [4.78, 5) is 12.3. The van der Waals surface area contributed by atoms with Gasteiger partial charge in [-0.1, -0.05) is 74.4 Å². The molecule has 0 saturated carbocycles. The van der Waals surface area contributed by atoms with Gasteiger partial charge in [-0.25, -0.2) is 0 Å². The molecule has 0 aliphatic rings. The number of rotatable bonds is 7. The van der Waals surface area contributed by atoms with Crippen molar-refractivity contribution in [3.05, 3.63) is 90.0 Å². The zero-order valence-corrected chi connectivity index (χ0v) is 15.2. The van der Waals surface area contributed by atoms with Gasteiger partial charge in [-0.2, -0.15) is 0 Å². The van der Waals surface area contributed by atoms with Crippen molar-refractivity contribution in [1.29, 1.82) is 0 Å². The normalized spacial score (nSPS) is 10.5. The molecule has 0 bridgehead atoms. The maximum absolute atomic E-state index is 12.3. The molecule has 26 heavy (non-hydrogen) atoms. The molecule has 3 aromatic rings. The van der Waals surface area contributed by atoms with Gasteiger partial charge in [0.1, 0.15) is 0 Å². The number of amides is 1. The van der Waals surface area contributed by atoms with E-state index in [1.807, 2.05) is 54.6 Å². The SMILES string of the molecule is CCCCCc1ccc(-c2ccc(C(=O)Nc3ccccc3)cc2)cc1. The molecule has 132 valence electrons. The standard InChI is InChI=1S/C24H25NO/c1-2-3-5-8-19-11-13-20(14-12-19)21-15-17-22(18-16-21)24(26)25-23-9-6-4-7-10-23/h4,6-7,9-18H,2-3,5,8H2,1H3,(H,25,26). The van der Waals surface area contributed by atoms with E-state index in [1.165, 1.54) is 30.4 Å². The molecule has 0 unspecified atom stereocenters. The van der Waals surface area contributed by atoms with Crippen molar-refractivity contribution in [3.8, 4) is 11.1 Å². The number of para-hydroxylation sites is 1. The van der Waals surface area contributed by atoms with Crippen LogP contribution in [0.15, 0.2) is 78.9 Å². The molecule has 0 radical (unpaired) electrons. The van der Waals surface area contributed by atoms with Crippen LogP contribution in [0, 0.1) is 0 Å². The first-order chi connectivity index (χ1) is 12.8. The summed E-state index contributed by atoms with van der Waals surface area (Å²) < 4.78 is 0. The Bertz CT molecular complexity index is 820. The summed E-state index contributed by atoms with van der Waals surface area (Å²) in [5.74, 6) is -0.0889. The highest BCUT2D eigenvalue weighted by molar-refractivity contribution is 6.04. The smallest absolute Gasteiger partial charge is 0.255 e. The van der Waals surface area contributed by atoms with Crippen LogP contribution in [0.2, 0.25) is 0 Å². The fraction of sp³-hybridized carbons (Fsp3) is 0.208. The number of unbranched alkanes of at least 4 members (excludes halogenated alkanes) is 2. The van der Waals surface area contributed by atoms with Crippen LogP contribution in [0.4, 0.5) is 5.69 Å². The maximum atomic E-state index is 12.3. The van der Waals surface area contributed by atoms with E-state index in [0.29, 0.717) is 5.56 Å². The van der Waals surface area contributed by atoms with Crippen LogP contribution in [0.25, 0.3) is 11.1 Å². The number of anilines is 1. The zero-order valence-electron chi connectivity index (χ0n) is 15.2. The number of hydrogen-bond donors (Lipinski definition) is 1. The molecule has 0 atom stereocenters. The fourth-order valence-electron chi connectivity index (χ4n) is 2.98. The van der Waals surface area contributed by atoms with Crippen LogP contribution in [0.1, 0.15) is 42.1 Å². The minimum atomic E-state index is -0.0889. The van der Waals surface area contributed by atoms with Gasteiger partial charge in [0.15, 0.2) is 0 Å². The first-order valence-electron chi connectivity index (χ1n) is 9.32. The second-order valence-corrected chi connectivity index (χ2v) is 6.55. The van der Waals surface area contributed by atoms with Crippen LogP contribution >= 0.6 is 0 Å². The summed E-state index contributed by atoms with van der Waals surface area (Å²) in [6.07, 6.45) is 4.93. The first-order valence-corrected chi connectivity index (χ1v) is 9.32. The summed E-state index contributed by atoms with van der Waals surface area (Å²) in [7, 11) is 0. The van der Waals surface area contributed by atoms with Crippen molar-refractivity contribution in [1.82, 2.24) is 0 Å². The molecule has 3 rings (SSSR count). The number of carbonyl (C=O) groups is 1. The van der Waals surface area contributed by atoms with Crippen LogP contribution in [-0.2, 0) is 6.42 Å². The molecule has 1 N–H and O–H groups in total. The summed E-state index contributed by atoms with van der Waals surface area (Å²) in [6, 6.07) is 26.0. The van der Waals surface area contributed by atoms with Gasteiger partial charge in [-0.05, 0) is 53.8 Å². The largest absolute Gasteiger partial charge is 0.322 e. The lowest BCUT2D eigenvalue weighted by Gasteiger charge is -2.07. The Labute approximate surface area is 155 Å². The quantitative estimate of drug-likeness (QED) is 0.498. The third-order valence-corrected chi connectivity index (χ3v) is 4.54. The van der Waals surface area contributed by atoms with E-state index in [9.17, 15) is 4.79 Å². The van der Waals surface area contributed by atoms with Crippen LogP contribution < -0.4 is 5.32 Å². The Balaban J connectivity index is 1.64. The topological polar surface area (TPSA) is 29.1 Å². The lowest BCUT2D eigenvalue weighted by molar-refractivity contribution is 0.102. The Hall–Kier alpha value is -2.87. The van der Waals surface area contributed by atoms with E-state index in [2.05, 4.69) is 36.5 Å². The van der Waals surface area contributed by atoms with Crippen molar-refractivity contribution in [2.75, 3.05) is 5.32 Å². The monoisotopic (exact) mass is 343 g/mol. The summed E-state index contributed by atoms with van der Waals surface area (Å²) in [5, 5.41) is 2.91. The predicted octanol–water partition coefficient (Wildman–Crippen LogP) is 6.34. The molecule has 1 amide bonds. The third kappa shape index (κ3) is 4.82. The number of hydrogen-bond acceptors (Lipinski definition) is 1. The molecule has 0 aromatic heterocycles. The molecule has 3 aromatic carbocycles. The van der Waals surface area contributed by atoms with Crippen molar-refractivity contribution < 1.29 is 4.79 Å². The van der Waals surface area contributed by atoms with Crippen LogP contribution in [-0.4, -0.2) is 5.91 Å². The highest BCUT2D eigenvalue weighted by Crippen LogP contribution is 2.21. The number of carbonyl (C=O) groups excluding carboxylic acids is 1. The van der Waals surface area contributed by atoms with E-state index in [4.69, 9.17) is 0 Å². The molecule has 0 aliphatic carbocycles. The molecule has 0 fully saturated rings. The van der Waals surface area contributed by atoms with Gasteiger partial charge in [0.25, 0.3) is 5.91 Å². The van der Waals surface area contributed by atoms with Gasteiger partial charge in [0.2, 0.25) is 0 Å². The van der Waals surface area contributed by atoms with E-state index in [1.54, 1.807) is 0 Å². The lowest BCUT2D eigenvalue weighted by Crippen LogP contribution is -2.11. The molecule has 0 saturated heterocycles. The Morgan fingerprint density at radius 1 is 0.769 bits per heavy atom. The van der Waals surface area contributed by atoms with Crippen LogP contribution in [0.5, 0.6) is 0 Å². The van der Waals surface area contributed by atoms with Crippen molar-refractivity contribution >= 4 is 11.6 Å². The summed E-state index contributed by atoms with van der Waals surface area (Å²) >= 11 is 0. The molecule has 0 heterocycles. The van der Waals surface area contributed by atoms with Gasteiger partial charge in [-0.15, -0.1) is 0 Å². The minimum absolute atomic E-state index is 0.0889. The lowest BCUT2D eigenvalue weighted by atomic mass is 10.0. The predicted molar refractivity (Wildman–Crippen MR) is 110 cm³/mol. The Morgan fingerprint density at radius 2 is 1.38 bits per heavy atom. The number of nitrogens with one attached hydrogen (secondary N) is 1. The van der Waals surface area contributed by atoms with Gasteiger partial charge < -0.3 is 5.32 Å². The number of benzene rings is 3. The van der Waals surface area contributed by atoms with E-state index < -0.39 is 0 Å². The average molecular weight is 343 g/mol. The zero-order chi connectivity index (χ0) is 18.2. The highest BCUT2D eigenvalue weighted by Gasteiger charge is 2.06. The van der Waals surface area contributed by atoms with E-state index >= 15 is 0 Å². The van der Waals surface area contributed by atoms with Gasteiger partial charge in [0.05, 0.1) is 0 Å². The minimum Gasteiger partial charge on any atom is -0.322 e. The van der Waals surface area contributed by atoms with E-state index in [0.717, 1.165) is 17.7 Å². The summed E-state index contributed by atoms with van der Waals surface area (Å²) in [6.45, 7) is 2.23. The van der Waals surface area contributed by atoms with Crippen molar-refractivity contribution in [2.45, 2.75) is 32.6 Å². The van der Waals surface area contributed by atoms with Crippen molar-refractivity contribution in [3.63, 3.8) is 0 Å². The highest BCUT2D eigenvalue weighted by atomic mass is 16.1. The molecule has 0 aliphatic heterocycles. The van der Waals surface area contributed by atoms with Crippen molar-refractivity contribution in [2.24, 2.45) is 0 Å².